The number of alkyl carbamates (subject to hydrolysis) is 1. The molecule has 1 saturated heterocycles. The van der Waals surface area contributed by atoms with Crippen LogP contribution in [0.3, 0.4) is 0 Å². The summed E-state index contributed by atoms with van der Waals surface area (Å²) in [5, 5.41) is 19.3. The van der Waals surface area contributed by atoms with E-state index in [4.69, 9.17) is 4.74 Å². The quantitative estimate of drug-likeness (QED) is 0.181. The van der Waals surface area contributed by atoms with Gasteiger partial charge < -0.3 is 31.1 Å². The maximum absolute atomic E-state index is 12.5. The molecular formula is C23H27N7O7. The molecule has 1 fully saturated rings. The molecule has 14 heteroatoms. The predicted octanol–water partition coefficient (Wildman–Crippen LogP) is 0.0849. The Labute approximate surface area is 211 Å². The Bertz CT molecular complexity index is 1100. The number of carboxylic acids is 1. The third kappa shape index (κ3) is 8.45. The van der Waals surface area contributed by atoms with Crippen LogP contribution in [0.2, 0.25) is 0 Å². The summed E-state index contributed by atoms with van der Waals surface area (Å²) in [5.74, 6) is -2.28. The van der Waals surface area contributed by atoms with E-state index in [1.54, 1.807) is 48.8 Å². The van der Waals surface area contributed by atoms with E-state index < -0.39 is 55.1 Å². The van der Waals surface area contributed by atoms with Crippen LogP contribution >= 0.6 is 0 Å². The molecule has 5 amide bonds. The second kappa shape index (κ2) is 13.4. The number of carbonyl (C=O) groups excluding carboxylic acids is 4. The van der Waals surface area contributed by atoms with Crippen molar-refractivity contribution in [3.63, 3.8) is 0 Å². The zero-order valence-corrected chi connectivity index (χ0v) is 19.8. The number of hydrogen-bond acceptors (Lipinski definition) is 9. The van der Waals surface area contributed by atoms with Gasteiger partial charge in [-0.1, -0.05) is 30.3 Å². The fraction of sp³-hybridized carbons (Fsp3) is 0.348. The van der Waals surface area contributed by atoms with Crippen molar-refractivity contribution in [1.82, 2.24) is 30.8 Å². The average Bonchev–Trinajstić information content (AvgIpc) is 3.16. The van der Waals surface area contributed by atoms with Gasteiger partial charge in [-0.2, -0.15) is 0 Å². The molecule has 0 spiro atoms. The molecule has 37 heavy (non-hydrogen) atoms. The predicted molar refractivity (Wildman–Crippen MR) is 128 cm³/mol. The zero-order chi connectivity index (χ0) is 26.6. The Hall–Kier alpha value is -4.75. The SMILES string of the molecule is O=C(CN1C(=O)N[C@@H](CCCNc2ncccn2)C1=O)NCC(NC(=O)OCc1ccccc1)C(=O)O. The fourth-order valence-electron chi connectivity index (χ4n) is 3.34. The van der Waals surface area contributed by atoms with Gasteiger partial charge in [0.1, 0.15) is 25.2 Å². The van der Waals surface area contributed by atoms with Gasteiger partial charge in [0, 0.05) is 25.5 Å². The summed E-state index contributed by atoms with van der Waals surface area (Å²) in [5.41, 5.74) is 0.714. The lowest BCUT2D eigenvalue weighted by Gasteiger charge is -2.17. The number of imide groups is 1. The molecule has 1 aliphatic heterocycles. The molecule has 3 rings (SSSR count). The Kier molecular flexibility index (Phi) is 9.70. The van der Waals surface area contributed by atoms with Gasteiger partial charge in [0.2, 0.25) is 11.9 Å². The molecule has 1 aliphatic rings. The van der Waals surface area contributed by atoms with E-state index in [1.165, 1.54) is 0 Å². The van der Waals surface area contributed by atoms with Crippen molar-refractivity contribution in [2.75, 3.05) is 25.0 Å². The molecular weight excluding hydrogens is 486 g/mol. The maximum Gasteiger partial charge on any atom is 0.408 e. The number of urea groups is 1. The van der Waals surface area contributed by atoms with Crippen LogP contribution in [-0.4, -0.2) is 81.6 Å². The Morgan fingerprint density at radius 3 is 2.54 bits per heavy atom. The highest BCUT2D eigenvalue weighted by atomic mass is 16.5. The van der Waals surface area contributed by atoms with Gasteiger partial charge in [0.15, 0.2) is 0 Å². The topological polar surface area (TPSA) is 192 Å². The first-order valence-electron chi connectivity index (χ1n) is 11.4. The maximum atomic E-state index is 12.5. The molecule has 2 atom stereocenters. The summed E-state index contributed by atoms with van der Waals surface area (Å²) >= 11 is 0. The van der Waals surface area contributed by atoms with E-state index in [9.17, 15) is 29.1 Å². The van der Waals surface area contributed by atoms with E-state index in [-0.39, 0.29) is 6.61 Å². The Balaban J connectivity index is 1.39. The second-order valence-electron chi connectivity index (χ2n) is 7.97. The zero-order valence-electron chi connectivity index (χ0n) is 19.8. The van der Waals surface area contributed by atoms with Gasteiger partial charge in [0.25, 0.3) is 5.91 Å². The highest BCUT2D eigenvalue weighted by Crippen LogP contribution is 2.11. The van der Waals surface area contributed by atoms with Crippen LogP contribution in [0.1, 0.15) is 18.4 Å². The van der Waals surface area contributed by atoms with Crippen LogP contribution in [0.5, 0.6) is 0 Å². The molecule has 0 bridgehead atoms. The van der Waals surface area contributed by atoms with Crippen molar-refractivity contribution in [2.45, 2.75) is 31.5 Å². The highest BCUT2D eigenvalue weighted by molar-refractivity contribution is 6.06. The third-order valence-electron chi connectivity index (χ3n) is 5.23. The number of nitrogens with zero attached hydrogens (tertiary/aromatic N) is 3. The summed E-state index contributed by atoms with van der Waals surface area (Å²) in [6.07, 6.45) is 3.06. The van der Waals surface area contributed by atoms with Crippen LogP contribution in [0, 0.1) is 0 Å². The Morgan fingerprint density at radius 1 is 1.11 bits per heavy atom. The van der Waals surface area contributed by atoms with Gasteiger partial charge in [-0.3, -0.25) is 14.5 Å². The number of anilines is 1. The highest BCUT2D eigenvalue weighted by Gasteiger charge is 2.38. The average molecular weight is 514 g/mol. The van der Waals surface area contributed by atoms with Gasteiger partial charge in [-0.25, -0.2) is 24.4 Å². The second-order valence-corrected chi connectivity index (χ2v) is 7.97. The summed E-state index contributed by atoms with van der Waals surface area (Å²) in [6, 6.07) is 7.49. The number of carboxylic acid groups (broad SMARTS) is 1. The van der Waals surface area contributed by atoms with Crippen LogP contribution in [0.25, 0.3) is 0 Å². The van der Waals surface area contributed by atoms with Crippen LogP contribution in [-0.2, 0) is 25.7 Å². The molecule has 0 aliphatic carbocycles. The molecule has 196 valence electrons. The van der Waals surface area contributed by atoms with Crippen molar-refractivity contribution in [2.24, 2.45) is 0 Å². The molecule has 2 heterocycles. The number of benzene rings is 1. The largest absolute Gasteiger partial charge is 0.480 e. The lowest BCUT2D eigenvalue weighted by atomic mass is 10.1. The lowest BCUT2D eigenvalue weighted by Crippen LogP contribution is -2.50. The number of nitrogens with one attached hydrogen (secondary N) is 4. The molecule has 14 nitrogen and oxygen atoms in total. The van der Waals surface area contributed by atoms with E-state index in [2.05, 4.69) is 31.2 Å². The molecule has 1 aromatic heterocycles. The van der Waals surface area contributed by atoms with Crippen molar-refractivity contribution in [3.8, 4) is 0 Å². The monoisotopic (exact) mass is 513 g/mol. The van der Waals surface area contributed by atoms with Crippen molar-refractivity contribution >= 4 is 35.9 Å². The minimum absolute atomic E-state index is 0.0607. The number of ether oxygens (including phenoxy) is 1. The standard InChI is InChI=1S/C23H27N7O7/c31-18(27-12-17(20(33)34)29-23(36)37-14-15-6-2-1-3-7-15)13-30-19(32)16(28-22(30)35)8-4-9-24-21-25-10-5-11-26-21/h1-3,5-7,10-11,16-17H,4,8-9,12-14H2,(H,27,31)(H,28,35)(H,29,36)(H,33,34)(H,24,25,26)/t16-,17?/m0/s1. The number of aliphatic carboxylic acids is 1. The van der Waals surface area contributed by atoms with Crippen LogP contribution < -0.4 is 21.3 Å². The van der Waals surface area contributed by atoms with Crippen LogP contribution in [0.4, 0.5) is 15.5 Å². The number of aromatic nitrogens is 2. The van der Waals surface area contributed by atoms with Gasteiger partial charge in [-0.05, 0) is 24.5 Å². The van der Waals surface area contributed by atoms with Crippen molar-refractivity contribution < 1.29 is 33.8 Å². The van der Waals surface area contributed by atoms with E-state index in [1.807, 2.05) is 0 Å². The van der Waals surface area contributed by atoms with Crippen molar-refractivity contribution in [3.05, 3.63) is 54.4 Å². The summed E-state index contributed by atoms with van der Waals surface area (Å²) < 4.78 is 4.99. The van der Waals surface area contributed by atoms with E-state index >= 15 is 0 Å². The minimum Gasteiger partial charge on any atom is -0.480 e. The summed E-state index contributed by atoms with van der Waals surface area (Å²) in [7, 11) is 0. The summed E-state index contributed by atoms with van der Waals surface area (Å²) in [6.45, 7) is -0.659. The van der Waals surface area contributed by atoms with Crippen LogP contribution in [0.15, 0.2) is 48.8 Å². The molecule has 2 aromatic rings. The lowest BCUT2D eigenvalue weighted by molar-refractivity contribution is -0.139. The molecule has 1 unspecified atom stereocenters. The molecule has 5 N–H and O–H groups in total. The smallest absolute Gasteiger partial charge is 0.408 e. The normalized spacial score (nSPS) is 15.5. The molecule has 0 saturated carbocycles. The third-order valence-corrected chi connectivity index (χ3v) is 5.23. The van der Waals surface area contributed by atoms with Gasteiger partial charge in [0.05, 0.1) is 0 Å². The van der Waals surface area contributed by atoms with Gasteiger partial charge in [-0.15, -0.1) is 0 Å². The number of carbonyl (C=O) groups is 5. The summed E-state index contributed by atoms with van der Waals surface area (Å²) in [4.78, 5) is 69.2. The number of hydrogen-bond donors (Lipinski definition) is 5. The van der Waals surface area contributed by atoms with Crippen molar-refractivity contribution in [1.29, 1.82) is 0 Å². The van der Waals surface area contributed by atoms with E-state index in [0.717, 1.165) is 4.90 Å². The molecule has 0 radical (unpaired) electrons. The minimum atomic E-state index is -1.48. The first-order valence-corrected chi connectivity index (χ1v) is 11.4. The van der Waals surface area contributed by atoms with E-state index in [0.29, 0.717) is 30.9 Å². The first kappa shape index (κ1) is 26.8. The first-order chi connectivity index (χ1) is 17.8. The van der Waals surface area contributed by atoms with Gasteiger partial charge >= 0.3 is 18.1 Å². The number of amides is 5. The Morgan fingerprint density at radius 2 is 1.84 bits per heavy atom. The number of rotatable bonds is 13. The fourth-order valence-corrected chi connectivity index (χ4v) is 3.34. The molecule has 1 aromatic carbocycles.